The molecule has 10 heteroatoms. The molecule has 1 N–H and O–H groups in total. The van der Waals surface area contributed by atoms with Crippen molar-refractivity contribution in [2.75, 3.05) is 40.0 Å². The van der Waals surface area contributed by atoms with Crippen molar-refractivity contribution in [3.05, 3.63) is 46.1 Å². The second-order valence-electron chi connectivity index (χ2n) is 7.21. The molecule has 31 heavy (non-hydrogen) atoms. The molecule has 9 nitrogen and oxygen atoms in total. The Morgan fingerprint density at radius 2 is 2.23 bits per heavy atom. The van der Waals surface area contributed by atoms with Crippen LogP contribution in [0.2, 0.25) is 0 Å². The van der Waals surface area contributed by atoms with E-state index in [1.165, 1.54) is 11.3 Å². The normalized spacial score (nSPS) is 16.6. The lowest BCUT2D eigenvalue weighted by atomic mass is 10.0. The zero-order valence-electron chi connectivity index (χ0n) is 17.6. The summed E-state index contributed by atoms with van der Waals surface area (Å²) in [5, 5.41) is 3.73. The predicted molar refractivity (Wildman–Crippen MR) is 114 cm³/mol. The van der Waals surface area contributed by atoms with Gasteiger partial charge >= 0.3 is 0 Å². The molecule has 0 aliphatic carbocycles. The molecule has 4 rings (SSSR count). The summed E-state index contributed by atoms with van der Waals surface area (Å²) in [6.07, 6.45) is 1.24. The first kappa shape index (κ1) is 21.4. The highest BCUT2D eigenvalue weighted by atomic mass is 32.1. The van der Waals surface area contributed by atoms with Gasteiger partial charge < -0.3 is 24.1 Å². The van der Waals surface area contributed by atoms with E-state index in [0.717, 1.165) is 15.8 Å². The summed E-state index contributed by atoms with van der Waals surface area (Å²) in [5.41, 5.74) is 1.32. The molecule has 0 saturated carbocycles. The molecule has 3 aromatic rings. The number of fused-ring (bicyclic) bond motifs is 1. The topological polar surface area (TPSA) is 107 Å². The lowest BCUT2D eigenvalue weighted by Gasteiger charge is -2.33. The number of methoxy groups -OCH3 is 1. The molecule has 0 spiro atoms. The largest absolute Gasteiger partial charge is 0.436 e. The molecule has 1 aliphatic heterocycles. The molecule has 0 aromatic carbocycles. The van der Waals surface area contributed by atoms with Crippen LogP contribution >= 0.6 is 11.3 Å². The van der Waals surface area contributed by atoms with E-state index in [9.17, 15) is 9.59 Å². The first-order valence-corrected chi connectivity index (χ1v) is 10.8. The SMILES string of the molecule is COCCNC(=O)c1sc2ncccc2c1[C@@H]1CN(C(=O)c2oc(C)nc2C)CCO1. The summed E-state index contributed by atoms with van der Waals surface area (Å²) in [4.78, 5) is 37.5. The summed E-state index contributed by atoms with van der Waals surface area (Å²) < 4.78 is 16.6. The van der Waals surface area contributed by atoms with E-state index in [-0.39, 0.29) is 17.6 Å². The Morgan fingerprint density at radius 3 is 2.97 bits per heavy atom. The van der Waals surface area contributed by atoms with Crippen LogP contribution in [-0.2, 0) is 9.47 Å². The van der Waals surface area contributed by atoms with Gasteiger partial charge in [-0.2, -0.15) is 0 Å². The fourth-order valence-electron chi connectivity index (χ4n) is 3.67. The smallest absolute Gasteiger partial charge is 0.291 e. The van der Waals surface area contributed by atoms with E-state index in [0.29, 0.717) is 49.3 Å². The molecular weight excluding hydrogens is 420 g/mol. The first-order valence-electron chi connectivity index (χ1n) is 9.99. The molecule has 0 bridgehead atoms. The Kier molecular flexibility index (Phi) is 6.30. The highest BCUT2D eigenvalue weighted by molar-refractivity contribution is 7.20. The fourth-order valence-corrected chi connectivity index (χ4v) is 4.78. The van der Waals surface area contributed by atoms with Crippen LogP contribution in [0.15, 0.2) is 22.7 Å². The van der Waals surface area contributed by atoms with Gasteiger partial charge in [0.2, 0.25) is 5.76 Å². The number of carbonyl (C=O) groups excluding carboxylic acids is 2. The molecular formula is C21H24N4O5S. The van der Waals surface area contributed by atoms with E-state index >= 15 is 0 Å². The molecule has 1 atom stereocenters. The highest BCUT2D eigenvalue weighted by Crippen LogP contribution is 2.37. The van der Waals surface area contributed by atoms with Gasteiger partial charge in [0.1, 0.15) is 15.8 Å². The molecule has 1 aliphatic rings. The standard InChI is InChI=1S/C21H24N4O5S/c1-12-17(30-13(2)24-12)21(27)25-8-10-29-15(11-25)16-14-5-4-6-23-20(14)31-18(16)19(26)22-7-9-28-3/h4-6,15H,7-11H2,1-3H3,(H,22,26)/t15-/m0/s1. The number of nitrogens with zero attached hydrogens (tertiary/aromatic N) is 3. The number of carbonyl (C=O) groups is 2. The zero-order chi connectivity index (χ0) is 22.0. The Hall–Kier alpha value is -2.82. The molecule has 0 radical (unpaired) electrons. The van der Waals surface area contributed by atoms with Gasteiger partial charge in [0, 0.05) is 44.3 Å². The van der Waals surface area contributed by atoms with Crippen LogP contribution in [0, 0.1) is 13.8 Å². The van der Waals surface area contributed by atoms with Crippen molar-refractivity contribution in [1.29, 1.82) is 0 Å². The average molecular weight is 445 g/mol. The number of hydrogen-bond acceptors (Lipinski definition) is 8. The van der Waals surface area contributed by atoms with Crippen molar-refractivity contribution in [1.82, 2.24) is 20.2 Å². The maximum Gasteiger partial charge on any atom is 0.291 e. The number of oxazole rings is 1. The number of thiophene rings is 1. The number of rotatable bonds is 6. The Balaban J connectivity index is 1.64. The van der Waals surface area contributed by atoms with E-state index in [1.807, 2.05) is 12.1 Å². The third-order valence-electron chi connectivity index (χ3n) is 5.08. The molecule has 1 fully saturated rings. The number of aryl methyl sites for hydroxylation is 2. The fraction of sp³-hybridized carbons (Fsp3) is 0.429. The molecule has 2 amide bonds. The zero-order valence-corrected chi connectivity index (χ0v) is 18.5. The summed E-state index contributed by atoms with van der Waals surface area (Å²) in [7, 11) is 1.58. The van der Waals surface area contributed by atoms with Crippen molar-refractivity contribution in [2.45, 2.75) is 20.0 Å². The Morgan fingerprint density at radius 1 is 1.39 bits per heavy atom. The minimum atomic E-state index is -0.455. The van der Waals surface area contributed by atoms with Gasteiger partial charge in [0.05, 0.1) is 25.5 Å². The minimum absolute atomic E-state index is 0.205. The van der Waals surface area contributed by atoms with Crippen molar-refractivity contribution in [3.8, 4) is 0 Å². The van der Waals surface area contributed by atoms with Crippen molar-refractivity contribution in [2.24, 2.45) is 0 Å². The number of morpholine rings is 1. The van der Waals surface area contributed by atoms with Crippen molar-refractivity contribution in [3.63, 3.8) is 0 Å². The van der Waals surface area contributed by atoms with E-state index < -0.39 is 6.10 Å². The predicted octanol–water partition coefficient (Wildman–Crippen LogP) is 2.49. The number of nitrogens with one attached hydrogen (secondary N) is 1. The van der Waals surface area contributed by atoms with Crippen LogP contribution in [0.25, 0.3) is 10.2 Å². The molecule has 164 valence electrons. The lowest BCUT2D eigenvalue weighted by molar-refractivity contribution is -0.0232. The molecule has 1 saturated heterocycles. The number of aromatic nitrogens is 2. The third kappa shape index (κ3) is 4.32. The van der Waals surface area contributed by atoms with Crippen LogP contribution in [0.4, 0.5) is 0 Å². The quantitative estimate of drug-likeness (QED) is 0.582. The highest BCUT2D eigenvalue weighted by Gasteiger charge is 2.33. The van der Waals surface area contributed by atoms with E-state index in [4.69, 9.17) is 13.9 Å². The second kappa shape index (κ2) is 9.13. The van der Waals surface area contributed by atoms with Crippen LogP contribution in [0.5, 0.6) is 0 Å². The summed E-state index contributed by atoms with van der Waals surface area (Å²) >= 11 is 1.32. The molecule has 0 unspecified atom stereocenters. The van der Waals surface area contributed by atoms with Gasteiger partial charge in [0.15, 0.2) is 5.89 Å². The number of pyridine rings is 1. The Bertz CT molecular complexity index is 1110. The van der Waals surface area contributed by atoms with E-state index in [1.54, 1.807) is 32.1 Å². The van der Waals surface area contributed by atoms with Gasteiger partial charge in [-0.15, -0.1) is 11.3 Å². The van der Waals surface area contributed by atoms with Crippen LogP contribution in [-0.4, -0.2) is 66.6 Å². The average Bonchev–Trinajstić information content (AvgIpc) is 3.33. The van der Waals surface area contributed by atoms with Gasteiger partial charge in [-0.3, -0.25) is 9.59 Å². The van der Waals surface area contributed by atoms with Crippen molar-refractivity contribution < 1.29 is 23.5 Å². The maximum absolute atomic E-state index is 13.0. The van der Waals surface area contributed by atoms with E-state index in [2.05, 4.69) is 15.3 Å². The molecule has 3 aromatic heterocycles. The maximum atomic E-state index is 13.0. The number of hydrogen-bond donors (Lipinski definition) is 1. The summed E-state index contributed by atoms with van der Waals surface area (Å²) in [5.74, 6) is 0.266. The van der Waals surface area contributed by atoms with Gasteiger partial charge in [-0.05, 0) is 13.0 Å². The number of ether oxygens (including phenoxy) is 2. The van der Waals surface area contributed by atoms with Crippen LogP contribution in [0.3, 0.4) is 0 Å². The van der Waals surface area contributed by atoms with Crippen LogP contribution in [0.1, 0.15) is 43.5 Å². The molecule has 4 heterocycles. The first-order chi connectivity index (χ1) is 15.0. The monoisotopic (exact) mass is 444 g/mol. The Labute approximate surface area is 183 Å². The number of amides is 2. The summed E-state index contributed by atoms with van der Waals surface area (Å²) in [6.45, 7) is 5.37. The minimum Gasteiger partial charge on any atom is -0.436 e. The van der Waals surface area contributed by atoms with Crippen LogP contribution < -0.4 is 5.32 Å². The van der Waals surface area contributed by atoms with Crippen molar-refractivity contribution >= 4 is 33.4 Å². The third-order valence-corrected chi connectivity index (χ3v) is 6.20. The summed E-state index contributed by atoms with van der Waals surface area (Å²) in [6, 6.07) is 3.76. The van der Waals surface area contributed by atoms with Gasteiger partial charge in [-0.25, -0.2) is 9.97 Å². The van der Waals surface area contributed by atoms with Gasteiger partial charge in [-0.1, -0.05) is 6.07 Å². The lowest BCUT2D eigenvalue weighted by Crippen LogP contribution is -2.42. The van der Waals surface area contributed by atoms with Gasteiger partial charge in [0.25, 0.3) is 11.8 Å². The second-order valence-corrected chi connectivity index (χ2v) is 8.21.